The van der Waals surface area contributed by atoms with Crippen molar-refractivity contribution in [2.75, 3.05) is 6.61 Å². The van der Waals surface area contributed by atoms with Gasteiger partial charge in [0.05, 0.1) is 11.4 Å². The third kappa shape index (κ3) is 3.11. The topological polar surface area (TPSA) is 69.0 Å². The summed E-state index contributed by atoms with van der Waals surface area (Å²) in [5.74, 6) is -0.0387. The number of pyridine rings is 1. The number of aryl methyl sites for hydroxylation is 1. The molecule has 110 valence electrons. The van der Waals surface area contributed by atoms with Crippen LogP contribution in [0.2, 0.25) is 0 Å². The summed E-state index contributed by atoms with van der Waals surface area (Å²) >= 11 is 0. The van der Waals surface area contributed by atoms with Crippen molar-refractivity contribution in [1.29, 1.82) is 0 Å². The van der Waals surface area contributed by atoms with Crippen LogP contribution in [0.15, 0.2) is 30.6 Å². The number of carbonyl (C=O) groups excluding carboxylic acids is 1. The van der Waals surface area contributed by atoms with Crippen LogP contribution in [0.25, 0.3) is 11.4 Å². The van der Waals surface area contributed by atoms with E-state index in [2.05, 4.69) is 15.4 Å². The number of nitrogens with one attached hydrogen (secondary N) is 1. The van der Waals surface area contributed by atoms with Crippen molar-refractivity contribution in [3.63, 3.8) is 0 Å². The van der Waals surface area contributed by atoms with Crippen molar-refractivity contribution in [3.05, 3.63) is 36.2 Å². The normalized spacial score (nSPS) is 17.9. The summed E-state index contributed by atoms with van der Waals surface area (Å²) in [5, 5.41) is 7.01. The van der Waals surface area contributed by atoms with Gasteiger partial charge < -0.3 is 10.1 Å². The Morgan fingerprint density at radius 2 is 2.38 bits per heavy atom. The SMILES string of the molecule is Cn1nccc1-c1ccc(CNC(=O)[C@H]2CCCO2)cn1. The van der Waals surface area contributed by atoms with Crippen LogP contribution >= 0.6 is 0 Å². The highest BCUT2D eigenvalue weighted by molar-refractivity contribution is 5.80. The first kappa shape index (κ1) is 13.8. The molecule has 3 heterocycles. The van der Waals surface area contributed by atoms with Crippen molar-refractivity contribution in [2.24, 2.45) is 7.05 Å². The third-order valence-corrected chi connectivity index (χ3v) is 3.60. The van der Waals surface area contributed by atoms with Crippen molar-refractivity contribution in [2.45, 2.75) is 25.5 Å². The Morgan fingerprint density at radius 3 is 3.00 bits per heavy atom. The zero-order chi connectivity index (χ0) is 14.7. The van der Waals surface area contributed by atoms with Crippen LogP contribution in [-0.4, -0.2) is 33.4 Å². The molecular formula is C15H18N4O2. The highest BCUT2D eigenvalue weighted by Gasteiger charge is 2.22. The molecule has 0 spiro atoms. The number of hydrogen-bond acceptors (Lipinski definition) is 4. The van der Waals surface area contributed by atoms with Crippen LogP contribution in [0.3, 0.4) is 0 Å². The lowest BCUT2D eigenvalue weighted by molar-refractivity contribution is -0.130. The van der Waals surface area contributed by atoms with E-state index in [1.807, 2.05) is 25.2 Å². The molecule has 2 aromatic rings. The number of aromatic nitrogens is 3. The van der Waals surface area contributed by atoms with Gasteiger partial charge in [-0.15, -0.1) is 0 Å². The van der Waals surface area contributed by atoms with E-state index in [0.29, 0.717) is 13.2 Å². The van der Waals surface area contributed by atoms with E-state index in [4.69, 9.17) is 4.74 Å². The molecule has 1 saturated heterocycles. The second kappa shape index (κ2) is 6.05. The average molecular weight is 286 g/mol. The minimum absolute atomic E-state index is 0.0387. The Hall–Kier alpha value is -2.21. The van der Waals surface area contributed by atoms with Crippen LogP contribution < -0.4 is 5.32 Å². The molecule has 0 aliphatic carbocycles. The first-order chi connectivity index (χ1) is 10.2. The standard InChI is InChI=1S/C15H18N4O2/c1-19-13(6-7-18-19)12-5-4-11(9-16-12)10-17-15(20)14-3-2-8-21-14/h4-7,9,14H,2-3,8,10H2,1H3,(H,17,20)/t14-/m1/s1. The van der Waals surface area contributed by atoms with E-state index in [-0.39, 0.29) is 12.0 Å². The molecule has 1 atom stereocenters. The van der Waals surface area contributed by atoms with Crippen molar-refractivity contribution >= 4 is 5.91 Å². The minimum atomic E-state index is -0.285. The monoisotopic (exact) mass is 286 g/mol. The second-order valence-corrected chi connectivity index (χ2v) is 5.11. The number of carbonyl (C=O) groups is 1. The summed E-state index contributed by atoms with van der Waals surface area (Å²) < 4.78 is 7.13. The molecule has 3 rings (SSSR count). The van der Waals surface area contributed by atoms with Crippen molar-refractivity contribution in [3.8, 4) is 11.4 Å². The summed E-state index contributed by atoms with van der Waals surface area (Å²) in [5.41, 5.74) is 2.79. The second-order valence-electron chi connectivity index (χ2n) is 5.11. The van der Waals surface area contributed by atoms with Gasteiger partial charge >= 0.3 is 0 Å². The maximum absolute atomic E-state index is 11.8. The van der Waals surface area contributed by atoms with Gasteiger partial charge in [0, 0.05) is 32.6 Å². The molecule has 6 heteroatoms. The zero-order valence-corrected chi connectivity index (χ0v) is 12.0. The predicted octanol–water partition coefficient (Wildman–Crippen LogP) is 1.28. The van der Waals surface area contributed by atoms with Gasteiger partial charge in [0.25, 0.3) is 0 Å². The van der Waals surface area contributed by atoms with Gasteiger partial charge in [-0.2, -0.15) is 5.10 Å². The minimum Gasteiger partial charge on any atom is -0.368 e. The van der Waals surface area contributed by atoms with Gasteiger partial charge in [-0.3, -0.25) is 14.5 Å². The van der Waals surface area contributed by atoms with E-state index in [1.54, 1.807) is 17.1 Å². The van der Waals surface area contributed by atoms with Gasteiger partial charge in [0.15, 0.2) is 0 Å². The molecular weight excluding hydrogens is 268 g/mol. The maximum Gasteiger partial charge on any atom is 0.249 e. The number of rotatable bonds is 4. The van der Waals surface area contributed by atoms with E-state index >= 15 is 0 Å². The van der Waals surface area contributed by atoms with Crippen LogP contribution in [0.4, 0.5) is 0 Å². The first-order valence-electron chi connectivity index (χ1n) is 7.06. The fourth-order valence-electron chi connectivity index (χ4n) is 2.39. The average Bonchev–Trinajstić information content (AvgIpc) is 3.17. The highest BCUT2D eigenvalue weighted by Crippen LogP contribution is 2.16. The molecule has 1 N–H and O–H groups in total. The van der Waals surface area contributed by atoms with Crippen molar-refractivity contribution in [1.82, 2.24) is 20.1 Å². The van der Waals surface area contributed by atoms with Crippen LogP contribution in [0, 0.1) is 0 Å². The van der Waals surface area contributed by atoms with E-state index in [0.717, 1.165) is 29.8 Å². The molecule has 6 nitrogen and oxygen atoms in total. The number of amides is 1. The number of hydrogen-bond donors (Lipinski definition) is 1. The molecule has 1 aliphatic heterocycles. The molecule has 0 radical (unpaired) electrons. The van der Waals surface area contributed by atoms with Gasteiger partial charge in [-0.05, 0) is 30.5 Å². The fourth-order valence-corrected chi connectivity index (χ4v) is 2.39. The molecule has 1 aliphatic rings. The Balaban J connectivity index is 1.60. The Labute approximate surface area is 123 Å². The van der Waals surface area contributed by atoms with Gasteiger partial charge in [0.2, 0.25) is 5.91 Å². The highest BCUT2D eigenvalue weighted by atomic mass is 16.5. The molecule has 0 aromatic carbocycles. The van der Waals surface area contributed by atoms with Gasteiger partial charge in [0.1, 0.15) is 6.10 Å². The summed E-state index contributed by atoms with van der Waals surface area (Å²) in [7, 11) is 1.88. The van der Waals surface area contributed by atoms with Crippen LogP contribution in [0.5, 0.6) is 0 Å². The van der Waals surface area contributed by atoms with E-state index < -0.39 is 0 Å². The van der Waals surface area contributed by atoms with E-state index in [9.17, 15) is 4.79 Å². The Kier molecular flexibility index (Phi) is 3.96. The summed E-state index contributed by atoms with van der Waals surface area (Å²) in [6.45, 7) is 1.15. The lowest BCUT2D eigenvalue weighted by Gasteiger charge is -2.10. The molecule has 0 saturated carbocycles. The number of nitrogens with zero attached hydrogens (tertiary/aromatic N) is 3. The lowest BCUT2D eigenvalue weighted by Crippen LogP contribution is -2.33. The van der Waals surface area contributed by atoms with Crippen LogP contribution in [0.1, 0.15) is 18.4 Å². The molecule has 2 aromatic heterocycles. The lowest BCUT2D eigenvalue weighted by atomic mass is 10.2. The largest absolute Gasteiger partial charge is 0.368 e. The molecule has 1 fully saturated rings. The van der Waals surface area contributed by atoms with Gasteiger partial charge in [-0.1, -0.05) is 6.07 Å². The fraction of sp³-hybridized carbons (Fsp3) is 0.400. The Bertz CT molecular complexity index is 615. The predicted molar refractivity (Wildman–Crippen MR) is 77.3 cm³/mol. The van der Waals surface area contributed by atoms with Crippen molar-refractivity contribution < 1.29 is 9.53 Å². The zero-order valence-electron chi connectivity index (χ0n) is 12.0. The Morgan fingerprint density at radius 1 is 1.48 bits per heavy atom. The first-order valence-corrected chi connectivity index (χ1v) is 7.06. The molecule has 0 unspecified atom stereocenters. The van der Waals surface area contributed by atoms with Gasteiger partial charge in [-0.25, -0.2) is 0 Å². The van der Waals surface area contributed by atoms with E-state index in [1.165, 1.54) is 0 Å². The summed E-state index contributed by atoms with van der Waals surface area (Å²) in [4.78, 5) is 16.3. The molecule has 21 heavy (non-hydrogen) atoms. The maximum atomic E-state index is 11.8. The quantitative estimate of drug-likeness (QED) is 0.919. The smallest absolute Gasteiger partial charge is 0.249 e. The summed E-state index contributed by atoms with van der Waals surface area (Å²) in [6, 6.07) is 5.82. The molecule has 0 bridgehead atoms. The van der Waals surface area contributed by atoms with Crippen LogP contribution in [-0.2, 0) is 23.1 Å². The summed E-state index contributed by atoms with van der Waals surface area (Å²) in [6.07, 6.45) is 5.00. The number of ether oxygens (including phenoxy) is 1. The molecule has 1 amide bonds. The third-order valence-electron chi connectivity index (χ3n) is 3.60.